The van der Waals surface area contributed by atoms with E-state index in [0.717, 1.165) is 39.0 Å². The van der Waals surface area contributed by atoms with Gasteiger partial charge in [0.15, 0.2) is 0 Å². The minimum absolute atomic E-state index is 0.0617. The Bertz CT molecular complexity index is 1540. The number of phenolic OH excluding ortho intramolecular Hbond substituents is 1. The fraction of sp³-hybridized carbons (Fsp3) is 0.0690. The predicted molar refractivity (Wildman–Crippen MR) is 141 cm³/mol. The predicted octanol–water partition coefficient (Wildman–Crippen LogP) is 7.01. The zero-order valence-electron chi connectivity index (χ0n) is 18.7. The van der Waals surface area contributed by atoms with Crippen LogP contribution in [0.3, 0.4) is 0 Å². The lowest BCUT2D eigenvalue weighted by Crippen LogP contribution is -2.21. The Hall–Kier alpha value is -4.22. The van der Waals surface area contributed by atoms with Crippen molar-refractivity contribution in [3.63, 3.8) is 0 Å². The number of fused-ring (bicyclic) bond motifs is 1. The maximum Gasteiger partial charge on any atom is 0.247 e. The minimum Gasteiger partial charge on any atom is -0.508 e. The maximum absolute atomic E-state index is 9.74. The fourth-order valence-corrected chi connectivity index (χ4v) is 4.64. The number of anilines is 1. The summed E-state index contributed by atoms with van der Waals surface area (Å²) in [6, 6.07) is 33.1. The molecule has 0 amide bonds. The average molecular weight is 477 g/mol. The molecule has 0 saturated heterocycles. The molecule has 1 atom stereocenters. The normalized spacial score (nSPS) is 15.4. The van der Waals surface area contributed by atoms with Crippen LogP contribution in [0.25, 0.3) is 22.2 Å². The molecule has 0 spiro atoms. The smallest absolute Gasteiger partial charge is 0.247 e. The molecule has 1 unspecified atom stereocenters. The van der Waals surface area contributed by atoms with E-state index in [0.29, 0.717) is 17.4 Å². The van der Waals surface area contributed by atoms with Crippen molar-refractivity contribution in [3.8, 4) is 17.0 Å². The number of hydrogen-bond acceptors (Lipinski definition) is 5. The van der Waals surface area contributed by atoms with Gasteiger partial charge in [-0.25, -0.2) is 15.0 Å². The number of phenols is 1. The molecule has 170 valence electrons. The van der Waals surface area contributed by atoms with Gasteiger partial charge < -0.3 is 5.11 Å². The van der Waals surface area contributed by atoms with E-state index >= 15 is 0 Å². The second-order valence-electron chi connectivity index (χ2n) is 8.47. The highest BCUT2D eigenvalue weighted by Crippen LogP contribution is 2.38. The summed E-state index contributed by atoms with van der Waals surface area (Å²) in [6.07, 6.45) is 0.692. The average Bonchev–Trinajstić information content (AvgIpc) is 3.35. The van der Waals surface area contributed by atoms with Crippen molar-refractivity contribution in [1.82, 2.24) is 9.97 Å². The summed E-state index contributed by atoms with van der Waals surface area (Å²) in [6.45, 7) is 0. The third-order valence-electron chi connectivity index (χ3n) is 6.19. The Balaban J connectivity index is 1.53. The molecule has 4 aromatic carbocycles. The van der Waals surface area contributed by atoms with Crippen LogP contribution in [0.5, 0.6) is 5.75 Å². The van der Waals surface area contributed by atoms with Crippen LogP contribution in [0.2, 0.25) is 5.02 Å². The summed E-state index contributed by atoms with van der Waals surface area (Å²) in [5, 5.41) is 18.2. The van der Waals surface area contributed by atoms with Gasteiger partial charge in [0.1, 0.15) is 5.75 Å². The van der Waals surface area contributed by atoms with Crippen LogP contribution in [0.1, 0.15) is 23.6 Å². The molecule has 0 bridgehead atoms. The number of aromatic nitrogens is 2. The highest BCUT2D eigenvalue weighted by atomic mass is 35.5. The van der Waals surface area contributed by atoms with Crippen LogP contribution in [0.15, 0.2) is 108 Å². The Morgan fingerprint density at radius 2 is 1.49 bits per heavy atom. The molecule has 6 rings (SSSR count). The molecule has 0 fully saturated rings. The highest BCUT2D eigenvalue weighted by Gasteiger charge is 2.32. The van der Waals surface area contributed by atoms with Crippen molar-refractivity contribution in [3.05, 3.63) is 119 Å². The van der Waals surface area contributed by atoms with E-state index in [2.05, 4.69) is 12.1 Å². The van der Waals surface area contributed by atoms with Crippen LogP contribution in [-0.4, -0.2) is 20.8 Å². The van der Waals surface area contributed by atoms with Crippen molar-refractivity contribution in [1.29, 1.82) is 0 Å². The van der Waals surface area contributed by atoms with Gasteiger partial charge >= 0.3 is 0 Å². The molecular formula is C29H21ClN4O. The molecule has 35 heavy (non-hydrogen) atoms. The maximum atomic E-state index is 9.74. The van der Waals surface area contributed by atoms with E-state index in [1.54, 1.807) is 12.1 Å². The molecule has 1 aliphatic rings. The van der Waals surface area contributed by atoms with Crippen LogP contribution in [0.4, 0.5) is 5.95 Å². The Morgan fingerprint density at radius 3 is 2.23 bits per heavy atom. The van der Waals surface area contributed by atoms with E-state index in [9.17, 15) is 5.11 Å². The van der Waals surface area contributed by atoms with E-state index in [-0.39, 0.29) is 11.8 Å². The summed E-state index contributed by atoms with van der Waals surface area (Å²) in [4.78, 5) is 9.93. The number of hydrazone groups is 1. The monoisotopic (exact) mass is 476 g/mol. The molecular weight excluding hydrogens is 456 g/mol. The lowest BCUT2D eigenvalue weighted by Gasteiger charge is -2.23. The lowest BCUT2D eigenvalue weighted by molar-refractivity contribution is 0.475. The van der Waals surface area contributed by atoms with Crippen molar-refractivity contribution < 1.29 is 5.11 Å². The number of rotatable bonds is 4. The van der Waals surface area contributed by atoms with E-state index in [4.69, 9.17) is 26.7 Å². The molecule has 0 aliphatic carbocycles. The van der Waals surface area contributed by atoms with Gasteiger partial charge in [-0.05, 0) is 53.6 Å². The Labute approximate surface area is 208 Å². The number of aromatic hydroxyl groups is 1. The van der Waals surface area contributed by atoms with Crippen molar-refractivity contribution in [2.45, 2.75) is 12.5 Å². The number of nitrogens with zero attached hydrogens (tertiary/aromatic N) is 4. The van der Waals surface area contributed by atoms with Gasteiger partial charge in [-0.3, -0.25) is 0 Å². The second kappa shape index (κ2) is 8.85. The van der Waals surface area contributed by atoms with Gasteiger partial charge in [0.05, 0.1) is 23.0 Å². The highest BCUT2D eigenvalue weighted by molar-refractivity contribution is 6.31. The van der Waals surface area contributed by atoms with Gasteiger partial charge in [-0.2, -0.15) is 5.10 Å². The quantitative estimate of drug-likeness (QED) is 0.303. The molecule has 1 N–H and O–H groups in total. The summed E-state index contributed by atoms with van der Waals surface area (Å²) < 4.78 is 0. The van der Waals surface area contributed by atoms with Crippen LogP contribution < -0.4 is 5.01 Å². The molecule has 1 aromatic heterocycles. The summed E-state index contributed by atoms with van der Waals surface area (Å²) in [5.41, 5.74) is 5.61. The largest absolute Gasteiger partial charge is 0.508 e. The molecule has 5 nitrogen and oxygen atoms in total. The van der Waals surface area contributed by atoms with E-state index < -0.39 is 0 Å². The van der Waals surface area contributed by atoms with Crippen molar-refractivity contribution in [2.75, 3.05) is 5.01 Å². The van der Waals surface area contributed by atoms with E-state index in [1.807, 2.05) is 83.9 Å². The minimum atomic E-state index is -0.0617. The molecule has 1 aliphatic heterocycles. The lowest BCUT2D eigenvalue weighted by atomic mass is 9.98. The van der Waals surface area contributed by atoms with Gasteiger partial charge in [0.2, 0.25) is 5.95 Å². The van der Waals surface area contributed by atoms with Crippen LogP contribution >= 0.6 is 11.6 Å². The Morgan fingerprint density at radius 1 is 0.771 bits per heavy atom. The van der Waals surface area contributed by atoms with E-state index in [1.165, 1.54) is 0 Å². The standard InChI is InChI=1S/C29H21ClN4O/c30-22-13-16-25-24(17-22)28(21-9-5-2-6-10-21)32-29(31-25)34-27(20-7-3-1-4-8-20)18-26(33-34)19-11-14-23(35)15-12-19/h1-17,27,35H,18H2. The first-order chi connectivity index (χ1) is 17.2. The van der Waals surface area contributed by atoms with Crippen LogP contribution in [0, 0.1) is 0 Å². The number of benzene rings is 4. The van der Waals surface area contributed by atoms with Crippen molar-refractivity contribution in [2.24, 2.45) is 5.10 Å². The molecule has 5 aromatic rings. The summed E-state index contributed by atoms with van der Waals surface area (Å²) in [7, 11) is 0. The van der Waals surface area contributed by atoms with Gasteiger partial charge in [-0.15, -0.1) is 0 Å². The number of halogens is 1. The zero-order valence-corrected chi connectivity index (χ0v) is 19.5. The number of hydrogen-bond donors (Lipinski definition) is 1. The third-order valence-corrected chi connectivity index (χ3v) is 6.43. The van der Waals surface area contributed by atoms with Gasteiger partial charge in [0, 0.05) is 22.4 Å². The SMILES string of the molecule is Oc1ccc(C2=NN(c3nc(-c4ccccc4)c4cc(Cl)ccc4n3)C(c3ccccc3)C2)cc1. The Kier molecular flexibility index (Phi) is 5.39. The first-order valence-electron chi connectivity index (χ1n) is 11.4. The molecule has 0 radical (unpaired) electrons. The first-order valence-corrected chi connectivity index (χ1v) is 11.8. The zero-order chi connectivity index (χ0) is 23.8. The summed E-state index contributed by atoms with van der Waals surface area (Å²) >= 11 is 6.34. The van der Waals surface area contributed by atoms with Gasteiger partial charge in [-0.1, -0.05) is 72.3 Å². The van der Waals surface area contributed by atoms with Gasteiger partial charge in [0.25, 0.3) is 0 Å². The first kappa shape index (κ1) is 21.3. The molecule has 0 saturated carbocycles. The third kappa shape index (κ3) is 4.11. The summed E-state index contributed by atoms with van der Waals surface area (Å²) in [5.74, 6) is 0.758. The second-order valence-corrected chi connectivity index (χ2v) is 8.90. The molecule has 6 heteroatoms. The van der Waals surface area contributed by atoms with Crippen molar-refractivity contribution >= 4 is 34.2 Å². The molecule has 2 heterocycles. The topological polar surface area (TPSA) is 61.6 Å². The fourth-order valence-electron chi connectivity index (χ4n) is 4.46. The van der Waals surface area contributed by atoms with Crippen LogP contribution in [-0.2, 0) is 0 Å².